The normalized spacial score (nSPS) is 20.9. The summed E-state index contributed by atoms with van der Waals surface area (Å²) in [5, 5.41) is 24.1. The van der Waals surface area contributed by atoms with Crippen LogP contribution in [0, 0.1) is 11.3 Å². The summed E-state index contributed by atoms with van der Waals surface area (Å²) >= 11 is 0. The molecule has 0 amide bonds. The maximum Gasteiger partial charge on any atom is 0.314 e. The lowest BCUT2D eigenvalue weighted by atomic mass is 9.60. The van der Waals surface area contributed by atoms with Crippen molar-refractivity contribution in [3.63, 3.8) is 0 Å². The first-order chi connectivity index (χ1) is 26.0. The van der Waals surface area contributed by atoms with Gasteiger partial charge < -0.3 is 45.9 Å². The number of nitrogens with one attached hydrogen (secondary N) is 1. The topological polar surface area (TPSA) is 187 Å². The summed E-state index contributed by atoms with van der Waals surface area (Å²) in [5.41, 5.74) is 18.5. The summed E-state index contributed by atoms with van der Waals surface area (Å²) < 4.78 is 5.47. The predicted octanol–water partition coefficient (Wildman–Crippen LogP) is 6.36. The number of aliphatic carboxylic acids is 1. The number of aromatic nitrogens is 4. The quantitative estimate of drug-likeness (QED) is 0.128. The molecule has 13 heteroatoms. The second-order valence-corrected chi connectivity index (χ2v) is 15.8. The Hall–Kier alpha value is -5.04. The Bertz CT molecular complexity index is 1960. The molecule has 3 fully saturated rings. The van der Waals surface area contributed by atoms with E-state index in [4.69, 9.17) is 26.0 Å². The van der Waals surface area contributed by atoms with Gasteiger partial charge in [0, 0.05) is 84.1 Å². The number of phenolic OH excluding ortho intramolecular Hbond substituents is 1. The molecule has 1 aromatic carbocycles. The lowest BCUT2D eigenvalue weighted by Gasteiger charge is -2.61. The molecule has 1 saturated carbocycles. The minimum Gasteiger partial charge on any atom is -0.507 e. The number of para-hydroxylation sites is 1. The fraction of sp³-hybridized carbons (Fsp3) is 0.512. The first kappa shape index (κ1) is 37.3. The maximum absolute atomic E-state index is 11.7. The number of nitrogens with zero attached hydrogens (tertiary/aromatic N) is 6. The number of piperidine rings is 1. The maximum atomic E-state index is 11.7. The van der Waals surface area contributed by atoms with E-state index < -0.39 is 11.9 Å². The Morgan fingerprint density at radius 3 is 2.43 bits per heavy atom. The third kappa shape index (κ3) is 6.89. The van der Waals surface area contributed by atoms with Gasteiger partial charge in [-0.2, -0.15) is 0 Å². The van der Waals surface area contributed by atoms with E-state index in [1.165, 1.54) is 18.4 Å². The number of phenols is 1. The minimum atomic E-state index is -0.875. The zero-order valence-electron chi connectivity index (χ0n) is 32.1. The van der Waals surface area contributed by atoms with Gasteiger partial charge in [0.2, 0.25) is 5.95 Å². The summed E-state index contributed by atoms with van der Waals surface area (Å²) in [7, 11) is 0. The first-order valence-electron chi connectivity index (χ1n) is 19.5. The standard InChI is InChI=1S/C39H49N9O4.C2H6/c1-22(2)34(37(50)51)32-15-33(45-52-32)47-20-39(21-47)16-26(17-39)46-11-8-24(9-12-46)25-18-42-38(43-19-25)48-13-10-30-35(23(48)3)28(36(41)44-30)14-29(40)27-6-4-5-7-31(27)49;1-2/h4-7,14-15,18-19,22-24,26,34,44,49H,8-13,16-17,20-21,40-41H2,1-3H3,(H,50,51);1-2H3/b29-14-;. The van der Waals surface area contributed by atoms with Crippen LogP contribution in [0.15, 0.2) is 47.2 Å². The molecule has 1 aliphatic carbocycles. The van der Waals surface area contributed by atoms with E-state index in [9.17, 15) is 15.0 Å². The number of aromatic hydroxyl groups is 1. The highest BCUT2D eigenvalue weighted by molar-refractivity contribution is 5.86. The molecule has 54 heavy (non-hydrogen) atoms. The number of carboxylic acid groups (broad SMARTS) is 1. The third-order valence-electron chi connectivity index (χ3n) is 12.1. The number of nitrogen functional groups attached to an aromatic ring is 1. The number of carboxylic acids is 1. The molecule has 0 bridgehead atoms. The number of rotatable bonds is 9. The minimum absolute atomic E-state index is 0.0223. The van der Waals surface area contributed by atoms with Gasteiger partial charge in [0.15, 0.2) is 11.6 Å². The van der Waals surface area contributed by atoms with Crippen molar-refractivity contribution in [2.45, 2.75) is 90.6 Å². The molecule has 2 atom stereocenters. The molecule has 7 N–H and O–H groups in total. The van der Waals surface area contributed by atoms with Crippen LogP contribution in [-0.2, 0) is 11.2 Å². The third-order valence-corrected chi connectivity index (χ3v) is 12.1. The number of H-pyrrole nitrogens is 1. The van der Waals surface area contributed by atoms with Crippen LogP contribution in [0.1, 0.15) is 112 Å². The molecule has 3 aliphatic heterocycles. The largest absolute Gasteiger partial charge is 0.507 e. The number of benzene rings is 1. The van der Waals surface area contributed by atoms with Crippen molar-refractivity contribution in [3.8, 4) is 5.75 Å². The molecule has 4 aromatic rings. The zero-order valence-corrected chi connectivity index (χ0v) is 32.1. The lowest BCUT2D eigenvalue weighted by Crippen LogP contribution is -2.67. The number of aromatic amines is 1. The first-order valence-corrected chi connectivity index (χ1v) is 19.5. The molecule has 4 aliphatic rings. The average Bonchev–Trinajstić information content (AvgIpc) is 3.72. The fourth-order valence-corrected chi connectivity index (χ4v) is 9.22. The summed E-state index contributed by atoms with van der Waals surface area (Å²) in [4.78, 5) is 31.9. The predicted molar refractivity (Wildman–Crippen MR) is 211 cm³/mol. The van der Waals surface area contributed by atoms with Gasteiger partial charge in [0.05, 0.1) is 6.04 Å². The van der Waals surface area contributed by atoms with Gasteiger partial charge in [-0.15, -0.1) is 0 Å². The van der Waals surface area contributed by atoms with Crippen molar-refractivity contribution < 1.29 is 19.5 Å². The van der Waals surface area contributed by atoms with Crippen LogP contribution in [-0.4, -0.2) is 80.0 Å². The summed E-state index contributed by atoms with van der Waals surface area (Å²) in [6.45, 7) is 14.8. The molecule has 1 spiro atoms. The number of anilines is 3. The lowest BCUT2D eigenvalue weighted by molar-refractivity contribution is -0.140. The van der Waals surface area contributed by atoms with Crippen LogP contribution in [0.25, 0.3) is 11.8 Å². The highest BCUT2D eigenvalue weighted by atomic mass is 16.5. The Morgan fingerprint density at radius 2 is 1.78 bits per heavy atom. The number of hydrogen-bond acceptors (Lipinski definition) is 11. The number of fused-ring (bicyclic) bond motifs is 1. The second-order valence-electron chi connectivity index (χ2n) is 15.8. The monoisotopic (exact) mass is 737 g/mol. The van der Waals surface area contributed by atoms with E-state index in [0.29, 0.717) is 46.2 Å². The van der Waals surface area contributed by atoms with Crippen LogP contribution in [0.4, 0.5) is 17.6 Å². The molecule has 13 nitrogen and oxygen atoms in total. The van der Waals surface area contributed by atoms with Crippen LogP contribution >= 0.6 is 0 Å². The number of carbonyl (C=O) groups is 1. The van der Waals surface area contributed by atoms with E-state index in [1.54, 1.807) is 18.2 Å². The van der Waals surface area contributed by atoms with Crippen LogP contribution in [0.5, 0.6) is 5.75 Å². The average molecular weight is 738 g/mol. The SMILES string of the molecule is CC.CC(C)C(C(=O)O)c1cc(N2CC3(CC(N4CCC(c5cnc(N6CCc7[nH]c(N)c(/C=C(\N)c8ccccc8O)c7C6C)nc5)CC4)C3)C2)no1. The molecule has 2 unspecified atom stereocenters. The molecule has 6 heterocycles. The van der Waals surface area contributed by atoms with E-state index in [0.717, 1.165) is 74.6 Å². The summed E-state index contributed by atoms with van der Waals surface area (Å²) in [5.74, 6) is 1.42. The highest BCUT2D eigenvalue weighted by Gasteiger charge is 2.54. The second kappa shape index (κ2) is 15.0. The molecule has 2 saturated heterocycles. The Morgan fingerprint density at radius 1 is 1.09 bits per heavy atom. The zero-order chi connectivity index (χ0) is 38.3. The number of nitrogens with two attached hydrogens (primary N) is 2. The van der Waals surface area contributed by atoms with Gasteiger partial charge in [0.1, 0.15) is 17.5 Å². The molecule has 3 aromatic heterocycles. The van der Waals surface area contributed by atoms with Gasteiger partial charge in [0.25, 0.3) is 0 Å². The fourth-order valence-electron chi connectivity index (χ4n) is 9.22. The van der Waals surface area contributed by atoms with Crippen molar-refractivity contribution in [1.82, 2.24) is 25.0 Å². The van der Waals surface area contributed by atoms with E-state index in [1.807, 2.05) is 58.3 Å². The molecular weight excluding hydrogens is 683 g/mol. The summed E-state index contributed by atoms with van der Waals surface area (Å²) in [6, 6.07) is 9.45. The van der Waals surface area contributed by atoms with Crippen molar-refractivity contribution in [1.29, 1.82) is 0 Å². The van der Waals surface area contributed by atoms with Crippen LogP contribution < -0.4 is 21.3 Å². The Kier molecular flexibility index (Phi) is 10.4. The Balaban J connectivity index is 0.00000221. The molecule has 288 valence electrons. The Labute approximate surface area is 317 Å². The van der Waals surface area contributed by atoms with Crippen molar-refractivity contribution in [2.75, 3.05) is 48.3 Å². The molecule has 8 rings (SSSR count). The highest BCUT2D eigenvalue weighted by Crippen LogP contribution is 2.52. The molecular formula is C41H55N9O4. The van der Waals surface area contributed by atoms with Gasteiger partial charge in [-0.1, -0.05) is 45.0 Å². The van der Waals surface area contributed by atoms with E-state index >= 15 is 0 Å². The number of likely N-dealkylation sites (tertiary alicyclic amines) is 1. The van der Waals surface area contributed by atoms with Gasteiger partial charge >= 0.3 is 5.97 Å². The van der Waals surface area contributed by atoms with Crippen LogP contribution in [0.2, 0.25) is 0 Å². The van der Waals surface area contributed by atoms with Gasteiger partial charge in [-0.3, -0.25) is 4.79 Å². The van der Waals surface area contributed by atoms with Crippen molar-refractivity contribution in [2.24, 2.45) is 17.1 Å². The smallest absolute Gasteiger partial charge is 0.314 e. The van der Waals surface area contributed by atoms with E-state index in [-0.39, 0.29) is 17.7 Å². The van der Waals surface area contributed by atoms with Crippen molar-refractivity contribution in [3.05, 3.63) is 76.4 Å². The number of hydrogen-bond donors (Lipinski definition) is 5. The van der Waals surface area contributed by atoms with E-state index in [2.05, 4.69) is 31.8 Å². The molecule has 0 radical (unpaired) electrons. The van der Waals surface area contributed by atoms with Gasteiger partial charge in [-0.05, 0) is 81.3 Å². The summed E-state index contributed by atoms with van der Waals surface area (Å²) in [6.07, 6.45) is 11.3. The van der Waals surface area contributed by atoms with Crippen molar-refractivity contribution >= 4 is 35.3 Å². The van der Waals surface area contributed by atoms with Gasteiger partial charge in [-0.25, -0.2) is 9.97 Å². The van der Waals surface area contributed by atoms with Crippen LogP contribution in [0.3, 0.4) is 0 Å².